The highest BCUT2D eigenvalue weighted by Gasteiger charge is 2.20. The van der Waals surface area contributed by atoms with E-state index >= 15 is 0 Å². The molecule has 4 nitrogen and oxygen atoms in total. The van der Waals surface area contributed by atoms with Crippen molar-refractivity contribution in [2.45, 2.75) is 39.1 Å². The van der Waals surface area contributed by atoms with Crippen LogP contribution >= 0.6 is 0 Å². The summed E-state index contributed by atoms with van der Waals surface area (Å²) in [5.41, 5.74) is 0.931. The van der Waals surface area contributed by atoms with Crippen LogP contribution in [0.3, 0.4) is 0 Å². The predicted octanol–water partition coefficient (Wildman–Crippen LogP) is 2.23. The van der Waals surface area contributed by atoms with E-state index in [0.29, 0.717) is 6.54 Å². The molecule has 0 spiro atoms. The van der Waals surface area contributed by atoms with Gasteiger partial charge in [0, 0.05) is 19.6 Å². The van der Waals surface area contributed by atoms with Gasteiger partial charge in [-0.15, -0.1) is 0 Å². The molecule has 1 N–H and O–H groups in total. The lowest BCUT2D eigenvalue weighted by molar-refractivity contribution is -0.0319. The van der Waals surface area contributed by atoms with Crippen LogP contribution in [-0.4, -0.2) is 48.5 Å². The Morgan fingerprint density at radius 2 is 2.05 bits per heavy atom. The maximum Gasteiger partial charge on any atom is 0.119 e. The summed E-state index contributed by atoms with van der Waals surface area (Å²) in [6, 6.07) is 7.71. The van der Waals surface area contributed by atoms with E-state index < -0.39 is 6.10 Å². The van der Waals surface area contributed by atoms with Crippen LogP contribution in [0.1, 0.15) is 32.4 Å². The fourth-order valence-electron chi connectivity index (χ4n) is 2.45. The Bertz CT molecular complexity index is 405. The van der Waals surface area contributed by atoms with E-state index in [2.05, 4.69) is 11.8 Å². The van der Waals surface area contributed by atoms with E-state index in [0.717, 1.165) is 31.0 Å². The summed E-state index contributed by atoms with van der Waals surface area (Å²) in [5.74, 6) is 0.843. The Hall–Kier alpha value is -1.10. The minimum absolute atomic E-state index is 0.167. The molecule has 0 aliphatic carbocycles. The molecule has 112 valence electrons. The fraction of sp³-hybridized carbons (Fsp3) is 0.625. The first-order chi connectivity index (χ1) is 9.54. The maximum atomic E-state index is 10.3. The first-order valence-electron chi connectivity index (χ1n) is 7.33. The molecule has 1 aromatic carbocycles. The summed E-state index contributed by atoms with van der Waals surface area (Å²) in [4.78, 5) is 2.25. The van der Waals surface area contributed by atoms with Crippen molar-refractivity contribution in [1.29, 1.82) is 0 Å². The molecule has 4 heteroatoms. The third-order valence-corrected chi connectivity index (χ3v) is 3.39. The zero-order chi connectivity index (χ0) is 14.5. The number of hydrogen-bond acceptors (Lipinski definition) is 4. The zero-order valence-corrected chi connectivity index (χ0v) is 12.6. The summed E-state index contributed by atoms with van der Waals surface area (Å²) in [6.07, 6.45) is -0.0493. The first-order valence-corrected chi connectivity index (χ1v) is 7.33. The van der Waals surface area contributed by atoms with E-state index in [-0.39, 0.29) is 12.2 Å². The van der Waals surface area contributed by atoms with Gasteiger partial charge >= 0.3 is 0 Å². The second kappa shape index (κ2) is 7.07. The molecule has 0 radical (unpaired) electrons. The van der Waals surface area contributed by atoms with Gasteiger partial charge in [0.25, 0.3) is 0 Å². The molecule has 1 aliphatic rings. The van der Waals surface area contributed by atoms with Crippen LogP contribution in [0, 0.1) is 0 Å². The minimum atomic E-state index is -0.464. The smallest absolute Gasteiger partial charge is 0.119 e. The van der Waals surface area contributed by atoms with Crippen LogP contribution in [0.25, 0.3) is 0 Å². The number of β-amino-alcohol motifs (C(OH)–C–C–N with tert-alkyl or cyclic N) is 1. The van der Waals surface area contributed by atoms with Crippen LogP contribution in [0.2, 0.25) is 0 Å². The molecule has 2 unspecified atom stereocenters. The van der Waals surface area contributed by atoms with Crippen LogP contribution in [0.5, 0.6) is 5.75 Å². The molecule has 0 aromatic heterocycles. The van der Waals surface area contributed by atoms with Crippen molar-refractivity contribution in [3.05, 3.63) is 29.8 Å². The van der Waals surface area contributed by atoms with E-state index in [1.165, 1.54) is 0 Å². The van der Waals surface area contributed by atoms with E-state index in [1.54, 1.807) is 0 Å². The van der Waals surface area contributed by atoms with Gasteiger partial charge in [0.1, 0.15) is 5.75 Å². The molecule has 2 atom stereocenters. The zero-order valence-electron chi connectivity index (χ0n) is 12.6. The minimum Gasteiger partial charge on any atom is -0.491 e. The number of aliphatic hydroxyl groups excluding tert-OH is 1. The predicted molar refractivity (Wildman–Crippen MR) is 79.0 cm³/mol. The van der Waals surface area contributed by atoms with Gasteiger partial charge in [-0.2, -0.15) is 0 Å². The summed E-state index contributed by atoms with van der Waals surface area (Å²) < 4.78 is 11.1. The molecule has 0 bridgehead atoms. The SMILES string of the molecule is CC(C)Oc1ccc(C(O)CN2CCOC(C)C2)cc1. The van der Waals surface area contributed by atoms with Crippen LogP contribution in [-0.2, 0) is 4.74 Å². The largest absolute Gasteiger partial charge is 0.491 e. The topological polar surface area (TPSA) is 41.9 Å². The van der Waals surface area contributed by atoms with Crippen LogP contribution in [0.15, 0.2) is 24.3 Å². The normalized spacial score (nSPS) is 21.9. The molecule has 1 aliphatic heterocycles. The second-order valence-corrected chi connectivity index (χ2v) is 5.69. The number of nitrogens with zero attached hydrogens (tertiary/aromatic N) is 1. The molecule has 1 fully saturated rings. The molecule has 2 rings (SSSR count). The number of rotatable bonds is 5. The molecule has 20 heavy (non-hydrogen) atoms. The quantitative estimate of drug-likeness (QED) is 0.897. The van der Waals surface area contributed by atoms with E-state index in [1.807, 2.05) is 38.1 Å². The highest BCUT2D eigenvalue weighted by atomic mass is 16.5. The van der Waals surface area contributed by atoms with Crippen molar-refractivity contribution in [3.8, 4) is 5.75 Å². The number of benzene rings is 1. The van der Waals surface area contributed by atoms with Crippen molar-refractivity contribution < 1.29 is 14.6 Å². The summed E-state index contributed by atoms with van der Waals surface area (Å²) in [5, 5.41) is 10.3. The van der Waals surface area contributed by atoms with Crippen molar-refractivity contribution in [2.24, 2.45) is 0 Å². The molecule has 1 aromatic rings. The fourth-order valence-corrected chi connectivity index (χ4v) is 2.45. The van der Waals surface area contributed by atoms with Gasteiger partial charge in [0.2, 0.25) is 0 Å². The monoisotopic (exact) mass is 279 g/mol. The van der Waals surface area contributed by atoms with E-state index in [9.17, 15) is 5.11 Å². The lowest BCUT2D eigenvalue weighted by Crippen LogP contribution is -2.42. The van der Waals surface area contributed by atoms with Crippen LogP contribution < -0.4 is 4.74 Å². The van der Waals surface area contributed by atoms with Crippen molar-refractivity contribution in [3.63, 3.8) is 0 Å². The standard InChI is InChI=1S/C16H25NO3/c1-12(2)20-15-6-4-14(5-7-15)16(18)11-17-8-9-19-13(3)10-17/h4-7,12-13,16,18H,8-11H2,1-3H3. The molecular formula is C16H25NO3. The highest BCUT2D eigenvalue weighted by Crippen LogP contribution is 2.20. The molecule has 1 saturated heterocycles. The second-order valence-electron chi connectivity index (χ2n) is 5.69. The van der Waals surface area contributed by atoms with E-state index in [4.69, 9.17) is 9.47 Å². The van der Waals surface area contributed by atoms with Gasteiger partial charge < -0.3 is 14.6 Å². The molecule has 0 amide bonds. The summed E-state index contributed by atoms with van der Waals surface area (Å²) >= 11 is 0. The Morgan fingerprint density at radius 1 is 1.35 bits per heavy atom. The number of morpholine rings is 1. The van der Waals surface area contributed by atoms with Gasteiger partial charge in [-0.3, -0.25) is 4.90 Å². The first kappa shape index (κ1) is 15.3. The van der Waals surface area contributed by atoms with Crippen LogP contribution in [0.4, 0.5) is 0 Å². The maximum absolute atomic E-state index is 10.3. The third kappa shape index (κ3) is 4.47. The lowest BCUT2D eigenvalue weighted by atomic mass is 10.1. The Morgan fingerprint density at radius 3 is 2.65 bits per heavy atom. The third-order valence-electron chi connectivity index (χ3n) is 3.39. The van der Waals surface area contributed by atoms with Crippen molar-refractivity contribution in [1.82, 2.24) is 4.90 Å². The number of ether oxygens (including phenoxy) is 2. The lowest BCUT2D eigenvalue weighted by Gasteiger charge is -2.32. The Labute approximate surface area is 121 Å². The Balaban J connectivity index is 1.90. The number of hydrogen-bond donors (Lipinski definition) is 1. The Kier molecular flexibility index (Phi) is 5.40. The van der Waals surface area contributed by atoms with Gasteiger partial charge in [-0.1, -0.05) is 12.1 Å². The average molecular weight is 279 g/mol. The van der Waals surface area contributed by atoms with Gasteiger partial charge in [0.05, 0.1) is 24.9 Å². The molecular weight excluding hydrogens is 254 g/mol. The van der Waals surface area contributed by atoms with Gasteiger partial charge in [-0.05, 0) is 38.5 Å². The average Bonchev–Trinajstić information content (AvgIpc) is 2.38. The van der Waals surface area contributed by atoms with Gasteiger partial charge in [0.15, 0.2) is 0 Å². The van der Waals surface area contributed by atoms with Crippen molar-refractivity contribution in [2.75, 3.05) is 26.2 Å². The molecule has 1 heterocycles. The number of aliphatic hydroxyl groups is 1. The van der Waals surface area contributed by atoms with Gasteiger partial charge in [-0.25, -0.2) is 0 Å². The summed E-state index contributed by atoms with van der Waals surface area (Å²) in [7, 11) is 0. The molecule has 0 saturated carbocycles. The highest BCUT2D eigenvalue weighted by molar-refractivity contribution is 5.28. The summed E-state index contributed by atoms with van der Waals surface area (Å²) in [6.45, 7) is 9.23. The van der Waals surface area contributed by atoms with Crippen molar-refractivity contribution >= 4 is 0 Å².